The second kappa shape index (κ2) is 8.95. The molecule has 3 rings (SSSR count). The molecule has 0 saturated carbocycles. The van der Waals surface area contributed by atoms with Crippen LogP contribution in [0, 0.1) is 11.3 Å². The average molecular weight is 399 g/mol. The van der Waals surface area contributed by atoms with E-state index in [1.807, 2.05) is 6.07 Å². The first-order chi connectivity index (χ1) is 13.5. The Hall–Kier alpha value is -2.76. The number of thioether (sulfide) groups is 1. The standard InChI is InChI=1S/C20H22N4O3S/c1-24-7-6-16-14(11-24)8-13(10-21)20(23-16)28-12-19(25)22-15-4-5-17(26-2)18(9-15)27-3/h4-5,8-9H,6-7,11-12H2,1-3H3,(H,22,25)/p+1. The van der Waals surface area contributed by atoms with Gasteiger partial charge >= 0.3 is 0 Å². The van der Waals surface area contributed by atoms with Crippen LogP contribution in [-0.2, 0) is 17.8 Å². The molecule has 1 aliphatic rings. The van der Waals surface area contributed by atoms with Gasteiger partial charge in [0.25, 0.3) is 0 Å². The number of nitriles is 1. The van der Waals surface area contributed by atoms with Crippen molar-refractivity contribution in [2.75, 3.05) is 38.9 Å². The van der Waals surface area contributed by atoms with E-state index in [-0.39, 0.29) is 11.7 Å². The minimum Gasteiger partial charge on any atom is -0.493 e. The van der Waals surface area contributed by atoms with Gasteiger partial charge in [-0.2, -0.15) is 5.26 Å². The molecule has 146 valence electrons. The number of carbonyl (C=O) groups is 1. The van der Waals surface area contributed by atoms with Crippen LogP contribution in [0.25, 0.3) is 0 Å². The van der Waals surface area contributed by atoms with E-state index in [0.29, 0.717) is 27.8 Å². The zero-order valence-corrected chi connectivity index (χ0v) is 17.0. The molecular formula is C20H23N4O3S+. The van der Waals surface area contributed by atoms with E-state index in [0.717, 1.165) is 30.8 Å². The number of fused-ring (bicyclic) bond motifs is 1. The second-order valence-electron chi connectivity index (χ2n) is 6.60. The molecule has 1 aromatic carbocycles. The Balaban J connectivity index is 1.67. The van der Waals surface area contributed by atoms with Gasteiger partial charge in [0, 0.05) is 23.7 Å². The molecular weight excluding hydrogens is 376 g/mol. The number of hydrogen-bond acceptors (Lipinski definition) is 6. The third kappa shape index (κ3) is 4.55. The Kier molecular flexibility index (Phi) is 6.39. The number of anilines is 1. The predicted octanol–water partition coefficient (Wildman–Crippen LogP) is 1.27. The van der Waals surface area contributed by atoms with Crippen LogP contribution in [-0.4, -0.2) is 44.5 Å². The number of hydrogen-bond donors (Lipinski definition) is 2. The minimum absolute atomic E-state index is 0.167. The summed E-state index contributed by atoms with van der Waals surface area (Å²) in [6, 6.07) is 9.32. The van der Waals surface area contributed by atoms with E-state index in [1.54, 1.807) is 32.4 Å². The second-order valence-corrected chi connectivity index (χ2v) is 7.56. The van der Waals surface area contributed by atoms with Crippen molar-refractivity contribution in [1.29, 1.82) is 5.26 Å². The predicted molar refractivity (Wildman–Crippen MR) is 107 cm³/mol. The summed E-state index contributed by atoms with van der Waals surface area (Å²) < 4.78 is 10.4. The van der Waals surface area contributed by atoms with Crippen molar-refractivity contribution in [1.82, 2.24) is 4.98 Å². The summed E-state index contributed by atoms with van der Waals surface area (Å²) in [6.07, 6.45) is 0.887. The Labute approximate surface area is 168 Å². The molecule has 1 amide bonds. The van der Waals surface area contributed by atoms with Crippen LogP contribution in [0.1, 0.15) is 16.8 Å². The number of aromatic nitrogens is 1. The van der Waals surface area contributed by atoms with Gasteiger partial charge in [-0.3, -0.25) is 4.79 Å². The molecule has 0 radical (unpaired) electrons. The largest absolute Gasteiger partial charge is 0.493 e. The number of methoxy groups -OCH3 is 2. The summed E-state index contributed by atoms with van der Waals surface area (Å²) in [4.78, 5) is 18.4. The number of carbonyl (C=O) groups excluding carboxylic acids is 1. The maximum Gasteiger partial charge on any atom is 0.234 e. The van der Waals surface area contributed by atoms with E-state index in [4.69, 9.17) is 9.47 Å². The molecule has 0 spiro atoms. The number of ether oxygens (including phenoxy) is 2. The van der Waals surface area contributed by atoms with E-state index < -0.39 is 0 Å². The highest BCUT2D eigenvalue weighted by Crippen LogP contribution is 2.30. The van der Waals surface area contributed by atoms with E-state index in [2.05, 4.69) is 23.4 Å². The molecule has 2 heterocycles. The van der Waals surface area contributed by atoms with Gasteiger partial charge in [0.15, 0.2) is 11.5 Å². The Bertz CT molecular complexity index is 926. The number of quaternary nitrogens is 1. The molecule has 0 bridgehead atoms. The maximum atomic E-state index is 12.4. The lowest BCUT2D eigenvalue weighted by Gasteiger charge is -2.22. The van der Waals surface area contributed by atoms with Crippen LogP contribution in [0.15, 0.2) is 29.3 Å². The van der Waals surface area contributed by atoms with Gasteiger partial charge in [-0.15, -0.1) is 0 Å². The first-order valence-corrected chi connectivity index (χ1v) is 9.91. The number of likely N-dealkylation sites (N-methyl/N-ethyl adjacent to an activating group) is 1. The van der Waals surface area contributed by atoms with Crippen molar-refractivity contribution < 1.29 is 19.2 Å². The summed E-state index contributed by atoms with van der Waals surface area (Å²) in [7, 11) is 5.24. The number of nitrogens with zero attached hydrogens (tertiary/aromatic N) is 2. The van der Waals surface area contributed by atoms with Gasteiger partial charge in [0.1, 0.15) is 17.6 Å². The SMILES string of the molecule is COc1ccc(NC(=O)CSc2nc3c(cc2C#N)C[NH+](C)CC3)cc1OC. The van der Waals surface area contributed by atoms with Gasteiger partial charge in [-0.05, 0) is 18.2 Å². The van der Waals surface area contributed by atoms with Crippen molar-refractivity contribution in [3.8, 4) is 17.6 Å². The summed E-state index contributed by atoms with van der Waals surface area (Å²) in [5.41, 5.74) is 3.30. The number of benzene rings is 1. The van der Waals surface area contributed by atoms with Crippen LogP contribution in [0.2, 0.25) is 0 Å². The first kappa shape index (κ1) is 20.0. The van der Waals surface area contributed by atoms with E-state index >= 15 is 0 Å². The molecule has 1 aliphatic heterocycles. The number of nitrogens with one attached hydrogen (secondary N) is 2. The normalized spacial score (nSPS) is 15.3. The topological polar surface area (TPSA) is 88.7 Å². The monoisotopic (exact) mass is 399 g/mol. The van der Waals surface area contributed by atoms with E-state index in [9.17, 15) is 10.1 Å². The van der Waals surface area contributed by atoms with Gasteiger partial charge in [0.05, 0.1) is 44.8 Å². The molecule has 28 heavy (non-hydrogen) atoms. The smallest absolute Gasteiger partial charge is 0.234 e. The van der Waals surface area contributed by atoms with Gasteiger partial charge < -0.3 is 19.7 Å². The quantitative estimate of drug-likeness (QED) is 0.712. The summed E-state index contributed by atoms with van der Waals surface area (Å²) >= 11 is 1.28. The summed E-state index contributed by atoms with van der Waals surface area (Å²) in [5, 5.41) is 12.9. The zero-order chi connectivity index (χ0) is 20.1. The Morgan fingerprint density at radius 1 is 1.32 bits per heavy atom. The van der Waals surface area contributed by atoms with Crippen molar-refractivity contribution in [3.63, 3.8) is 0 Å². The third-order valence-electron chi connectivity index (χ3n) is 4.56. The van der Waals surface area contributed by atoms with Crippen LogP contribution >= 0.6 is 11.8 Å². The van der Waals surface area contributed by atoms with Gasteiger partial charge in [0.2, 0.25) is 5.91 Å². The molecule has 1 aromatic heterocycles. The van der Waals surface area contributed by atoms with E-state index in [1.165, 1.54) is 16.7 Å². The fourth-order valence-corrected chi connectivity index (χ4v) is 3.90. The first-order valence-electron chi connectivity index (χ1n) is 8.93. The van der Waals surface area contributed by atoms with Crippen molar-refractivity contribution in [2.24, 2.45) is 0 Å². The van der Waals surface area contributed by atoms with Crippen molar-refractivity contribution >= 4 is 23.4 Å². The van der Waals surface area contributed by atoms with Crippen LogP contribution in [0.3, 0.4) is 0 Å². The molecule has 0 fully saturated rings. The van der Waals surface area contributed by atoms with Gasteiger partial charge in [-0.1, -0.05) is 11.8 Å². The maximum absolute atomic E-state index is 12.4. The minimum atomic E-state index is -0.176. The molecule has 0 saturated heterocycles. The lowest BCUT2D eigenvalue weighted by atomic mass is 10.0. The van der Waals surface area contributed by atoms with Crippen LogP contribution in [0.5, 0.6) is 11.5 Å². The summed E-state index contributed by atoms with van der Waals surface area (Å²) in [5.74, 6) is 1.13. The highest BCUT2D eigenvalue weighted by molar-refractivity contribution is 8.00. The number of rotatable bonds is 6. The third-order valence-corrected chi connectivity index (χ3v) is 5.56. The Morgan fingerprint density at radius 2 is 2.11 bits per heavy atom. The highest BCUT2D eigenvalue weighted by Gasteiger charge is 2.21. The lowest BCUT2D eigenvalue weighted by Crippen LogP contribution is -3.08. The number of amides is 1. The lowest BCUT2D eigenvalue weighted by molar-refractivity contribution is -0.895. The highest BCUT2D eigenvalue weighted by atomic mass is 32.2. The van der Waals surface area contributed by atoms with Crippen molar-refractivity contribution in [3.05, 3.63) is 41.1 Å². The van der Waals surface area contributed by atoms with Crippen LogP contribution < -0.4 is 19.7 Å². The molecule has 7 nitrogen and oxygen atoms in total. The fraction of sp³-hybridized carbons (Fsp3) is 0.350. The fourth-order valence-electron chi connectivity index (χ4n) is 3.12. The average Bonchev–Trinajstić information content (AvgIpc) is 2.71. The van der Waals surface area contributed by atoms with Gasteiger partial charge in [-0.25, -0.2) is 4.98 Å². The van der Waals surface area contributed by atoms with Crippen molar-refractivity contribution in [2.45, 2.75) is 18.0 Å². The zero-order valence-electron chi connectivity index (χ0n) is 16.2. The summed E-state index contributed by atoms with van der Waals surface area (Å²) in [6.45, 7) is 1.90. The molecule has 2 aromatic rings. The molecule has 1 unspecified atom stereocenters. The van der Waals surface area contributed by atoms with Crippen LogP contribution in [0.4, 0.5) is 5.69 Å². The molecule has 1 atom stereocenters. The molecule has 2 N–H and O–H groups in total. The molecule has 0 aliphatic carbocycles. The number of pyridine rings is 1. The Morgan fingerprint density at radius 3 is 2.82 bits per heavy atom. The molecule has 8 heteroatoms.